The molecule has 0 aliphatic carbocycles. The highest BCUT2D eigenvalue weighted by Crippen LogP contribution is 2.32. The molecule has 0 atom stereocenters. The number of nitrogens with zero attached hydrogens (tertiary/aromatic N) is 3. The minimum absolute atomic E-state index is 0.0131. The van der Waals surface area contributed by atoms with Crippen LogP contribution in [0.2, 0.25) is 0 Å². The van der Waals surface area contributed by atoms with E-state index in [0.717, 1.165) is 6.07 Å². The van der Waals surface area contributed by atoms with Gasteiger partial charge in [0, 0.05) is 0 Å². The van der Waals surface area contributed by atoms with Crippen LogP contribution < -0.4 is 5.73 Å². The van der Waals surface area contributed by atoms with Gasteiger partial charge >= 0.3 is 6.18 Å². The van der Waals surface area contributed by atoms with E-state index in [2.05, 4.69) is 10.1 Å². The molecule has 2 rings (SSSR count). The van der Waals surface area contributed by atoms with Crippen molar-refractivity contribution in [3.8, 4) is 5.69 Å². The number of alkyl halides is 3. The molecule has 1 aromatic heterocycles. The van der Waals surface area contributed by atoms with Crippen LogP contribution in [0.25, 0.3) is 5.69 Å². The standard InChI is InChI=1S/C10H9F3N4/c1-6-2-3-7(4-8(6)10(11,12)13)17-5-15-9(14)16-17/h2-5H,1H3,(H2,14,16). The molecule has 0 unspecified atom stereocenters. The van der Waals surface area contributed by atoms with E-state index in [1.54, 1.807) is 0 Å². The summed E-state index contributed by atoms with van der Waals surface area (Å²) in [5.74, 6) is 0.0131. The van der Waals surface area contributed by atoms with Crippen LogP contribution in [0.15, 0.2) is 24.5 Å². The summed E-state index contributed by atoms with van der Waals surface area (Å²) in [4.78, 5) is 3.66. The summed E-state index contributed by atoms with van der Waals surface area (Å²) in [6.45, 7) is 1.41. The Balaban J connectivity index is 2.51. The SMILES string of the molecule is Cc1ccc(-n2cnc(N)n2)cc1C(F)(F)F. The van der Waals surface area contributed by atoms with Gasteiger partial charge in [0.25, 0.3) is 0 Å². The van der Waals surface area contributed by atoms with Gasteiger partial charge in [0.2, 0.25) is 5.95 Å². The van der Waals surface area contributed by atoms with Gasteiger partial charge in [-0.15, -0.1) is 5.10 Å². The van der Waals surface area contributed by atoms with Gasteiger partial charge in [-0.25, -0.2) is 9.67 Å². The van der Waals surface area contributed by atoms with Crippen LogP contribution in [0.3, 0.4) is 0 Å². The first-order chi connectivity index (χ1) is 7.88. The Bertz CT molecular complexity index is 545. The molecule has 0 spiro atoms. The van der Waals surface area contributed by atoms with Crippen molar-refractivity contribution < 1.29 is 13.2 Å². The lowest BCUT2D eigenvalue weighted by atomic mass is 10.1. The highest BCUT2D eigenvalue weighted by atomic mass is 19.4. The lowest BCUT2D eigenvalue weighted by molar-refractivity contribution is -0.138. The first kappa shape index (κ1) is 11.4. The lowest BCUT2D eigenvalue weighted by Crippen LogP contribution is -2.09. The van der Waals surface area contributed by atoms with Gasteiger partial charge in [-0.2, -0.15) is 13.2 Å². The van der Waals surface area contributed by atoms with Gasteiger partial charge in [-0.3, -0.25) is 0 Å². The Morgan fingerprint density at radius 2 is 2.00 bits per heavy atom. The average Bonchev–Trinajstić information content (AvgIpc) is 2.64. The second-order valence-corrected chi connectivity index (χ2v) is 3.54. The van der Waals surface area contributed by atoms with Crippen LogP contribution in [0.4, 0.5) is 19.1 Å². The number of nitrogens with two attached hydrogens (primary N) is 1. The zero-order chi connectivity index (χ0) is 12.6. The lowest BCUT2D eigenvalue weighted by Gasteiger charge is -2.11. The first-order valence-corrected chi connectivity index (χ1v) is 4.73. The van der Waals surface area contributed by atoms with Gasteiger partial charge in [-0.05, 0) is 24.6 Å². The number of aryl methyl sites for hydroxylation is 1. The van der Waals surface area contributed by atoms with Crippen molar-refractivity contribution >= 4 is 5.95 Å². The number of nitrogen functional groups attached to an aromatic ring is 1. The normalized spacial score (nSPS) is 11.8. The number of halogens is 3. The van der Waals surface area contributed by atoms with Crippen LogP contribution in [0.1, 0.15) is 11.1 Å². The molecule has 90 valence electrons. The van der Waals surface area contributed by atoms with Crippen molar-refractivity contribution in [2.75, 3.05) is 5.73 Å². The fourth-order valence-electron chi connectivity index (χ4n) is 1.46. The number of hydrogen-bond donors (Lipinski definition) is 1. The summed E-state index contributed by atoms with van der Waals surface area (Å²) >= 11 is 0. The monoisotopic (exact) mass is 242 g/mol. The molecule has 0 amide bonds. The van der Waals surface area contributed by atoms with Crippen molar-refractivity contribution in [1.82, 2.24) is 14.8 Å². The maximum atomic E-state index is 12.7. The number of aromatic nitrogens is 3. The van der Waals surface area contributed by atoms with Crippen molar-refractivity contribution in [3.63, 3.8) is 0 Å². The van der Waals surface area contributed by atoms with E-state index in [9.17, 15) is 13.2 Å². The summed E-state index contributed by atoms with van der Waals surface area (Å²) in [6.07, 6.45) is -3.12. The minimum Gasteiger partial charge on any atom is -0.366 e. The Morgan fingerprint density at radius 1 is 1.29 bits per heavy atom. The molecule has 4 nitrogen and oxygen atoms in total. The topological polar surface area (TPSA) is 56.7 Å². The minimum atomic E-state index is -4.38. The van der Waals surface area contributed by atoms with E-state index in [1.165, 1.54) is 30.1 Å². The Morgan fingerprint density at radius 3 is 2.53 bits per heavy atom. The van der Waals surface area contributed by atoms with E-state index >= 15 is 0 Å². The summed E-state index contributed by atoms with van der Waals surface area (Å²) in [5, 5.41) is 3.75. The van der Waals surface area contributed by atoms with Gasteiger partial charge < -0.3 is 5.73 Å². The van der Waals surface area contributed by atoms with E-state index in [4.69, 9.17) is 5.73 Å². The molecule has 1 heterocycles. The molecule has 0 radical (unpaired) electrons. The second-order valence-electron chi connectivity index (χ2n) is 3.54. The van der Waals surface area contributed by atoms with E-state index in [1.807, 2.05) is 0 Å². The molecule has 1 aromatic carbocycles. The Kier molecular flexibility index (Phi) is 2.53. The molecule has 7 heteroatoms. The highest BCUT2D eigenvalue weighted by Gasteiger charge is 2.32. The second kappa shape index (κ2) is 3.76. The molecular formula is C10H9F3N4. The molecule has 0 bridgehead atoms. The smallest absolute Gasteiger partial charge is 0.366 e. The van der Waals surface area contributed by atoms with Crippen molar-refractivity contribution in [2.45, 2.75) is 13.1 Å². The van der Waals surface area contributed by atoms with E-state index < -0.39 is 11.7 Å². The van der Waals surface area contributed by atoms with Gasteiger partial charge in [0.15, 0.2) is 0 Å². The van der Waals surface area contributed by atoms with E-state index in [-0.39, 0.29) is 17.2 Å². The third-order valence-electron chi connectivity index (χ3n) is 2.30. The molecule has 17 heavy (non-hydrogen) atoms. The number of anilines is 1. The fourth-order valence-corrected chi connectivity index (χ4v) is 1.46. The van der Waals surface area contributed by atoms with Crippen molar-refractivity contribution in [3.05, 3.63) is 35.7 Å². The number of rotatable bonds is 1. The summed E-state index contributed by atoms with van der Waals surface area (Å²) in [7, 11) is 0. The average molecular weight is 242 g/mol. The van der Waals surface area contributed by atoms with Gasteiger partial charge in [-0.1, -0.05) is 6.07 Å². The molecule has 0 fully saturated rings. The van der Waals surface area contributed by atoms with Crippen LogP contribution in [0.5, 0.6) is 0 Å². The molecular weight excluding hydrogens is 233 g/mol. The molecule has 0 aliphatic rings. The largest absolute Gasteiger partial charge is 0.416 e. The summed E-state index contributed by atoms with van der Waals surface area (Å²) < 4.78 is 39.2. The fraction of sp³-hybridized carbons (Fsp3) is 0.200. The zero-order valence-electron chi connectivity index (χ0n) is 8.86. The third kappa shape index (κ3) is 2.22. The van der Waals surface area contributed by atoms with Gasteiger partial charge in [0.1, 0.15) is 6.33 Å². The zero-order valence-corrected chi connectivity index (χ0v) is 8.86. The van der Waals surface area contributed by atoms with Crippen molar-refractivity contribution in [1.29, 1.82) is 0 Å². The molecule has 0 aliphatic heterocycles. The van der Waals surface area contributed by atoms with Gasteiger partial charge in [0.05, 0.1) is 11.3 Å². The van der Waals surface area contributed by atoms with Crippen LogP contribution in [0, 0.1) is 6.92 Å². The first-order valence-electron chi connectivity index (χ1n) is 4.73. The van der Waals surface area contributed by atoms with Crippen LogP contribution in [-0.4, -0.2) is 14.8 Å². The number of benzene rings is 1. The highest BCUT2D eigenvalue weighted by molar-refractivity contribution is 5.41. The summed E-state index contributed by atoms with van der Waals surface area (Å²) in [6, 6.07) is 3.93. The maximum absolute atomic E-state index is 12.7. The molecule has 0 saturated carbocycles. The predicted molar refractivity (Wildman–Crippen MR) is 55.5 cm³/mol. The van der Waals surface area contributed by atoms with Crippen LogP contribution in [-0.2, 0) is 6.18 Å². The molecule has 0 saturated heterocycles. The van der Waals surface area contributed by atoms with Crippen LogP contribution >= 0.6 is 0 Å². The van der Waals surface area contributed by atoms with Crippen molar-refractivity contribution in [2.24, 2.45) is 0 Å². The van der Waals surface area contributed by atoms with E-state index in [0.29, 0.717) is 0 Å². The maximum Gasteiger partial charge on any atom is 0.416 e. The predicted octanol–water partition coefficient (Wildman–Crippen LogP) is 2.18. The summed E-state index contributed by atoms with van der Waals surface area (Å²) in [5.41, 5.74) is 5.05. The Labute approximate surface area is 94.9 Å². The molecule has 2 aromatic rings. The number of hydrogen-bond acceptors (Lipinski definition) is 3. The quantitative estimate of drug-likeness (QED) is 0.833. The third-order valence-corrected chi connectivity index (χ3v) is 2.30. The molecule has 2 N–H and O–H groups in total. The Hall–Kier alpha value is -2.05.